The second-order valence-electron chi connectivity index (χ2n) is 6.14. The second kappa shape index (κ2) is 11.6. The number of aliphatic imine (C=N–C) groups is 1. The lowest BCUT2D eigenvalue weighted by Gasteiger charge is -2.21. The Hall–Kier alpha value is -2.10. The van der Waals surface area contributed by atoms with Gasteiger partial charge in [0.2, 0.25) is 5.95 Å². The van der Waals surface area contributed by atoms with Crippen molar-refractivity contribution in [1.82, 2.24) is 20.6 Å². The van der Waals surface area contributed by atoms with Crippen LogP contribution in [0.4, 0.5) is 19.1 Å². The third kappa shape index (κ3) is 8.89. The van der Waals surface area contributed by atoms with Gasteiger partial charge in [-0.2, -0.15) is 13.2 Å². The molecule has 7 nitrogen and oxygen atoms in total. The number of guanidine groups is 1. The maximum absolute atomic E-state index is 12.6. The summed E-state index contributed by atoms with van der Waals surface area (Å²) < 4.78 is 43.5. The number of hydrogen-bond donors (Lipinski definition) is 3. The average Bonchev–Trinajstić information content (AvgIpc) is 2.62. The van der Waals surface area contributed by atoms with Crippen molar-refractivity contribution in [3.8, 4) is 0 Å². The third-order valence-electron chi connectivity index (χ3n) is 3.72. The summed E-state index contributed by atoms with van der Waals surface area (Å²) in [5, 5.41) is 9.02. The van der Waals surface area contributed by atoms with E-state index < -0.39 is 11.9 Å². The largest absolute Gasteiger partial charge is 0.433 e. The fourth-order valence-corrected chi connectivity index (χ4v) is 2.33. The Bertz CT molecular complexity index is 580. The zero-order valence-corrected chi connectivity index (χ0v) is 16.2. The van der Waals surface area contributed by atoms with Gasteiger partial charge in [0, 0.05) is 39.5 Å². The molecule has 1 aromatic heterocycles. The summed E-state index contributed by atoms with van der Waals surface area (Å²) in [6.45, 7) is 8.38. The Morgan fingerprint density at radius 2 is 1.93 bits per heavy atom. The molecule has 0 aliphatic carbocycles. The molecule has 0 fully saturated rings. The van der Waals surface area contributed by atoms with Crippen LogP contribution in [0, 0.1) is 5.92 Å². The Kier molecular flexibility index (Phi) is 9.84. The van der Waals surface area contributed by atoms with Gasteiger partial charge in [-0.25, -0.2) is 9.97 Å². The topological polar surface area (TPSA) is 83.5 Å². The first kappa shape index (κ1) is 22.9. The molecule has 27 heavy (non-hydrogen) atoms. The van der Waals surface area contributed by atoms with Gasteiger partial charge < -0.3 is 20.7 Å². The van der Waals surface area contributed by atoms with Gasteiger partial charge in [0.1, 0.15) is 5.69 Å². The van der Waals surface area contributed by atoms with Crippen LogP contribution in [0.5, 0.6) is 0 Å². The number of nitrogens with one attached hydrogen (secondary N) is 3. The molecule has 0 saturated heterocycles. The van der Waals surface area contributed by atoms with E-state index in [4.69, 9.17) is 4.74 Å². The van der Waals surface area contributed by atoms with Crippen molar-refractivity contribution in [2.24, 2.45) is 10.9 Å². The van der Waals surface area contributed by atoms with Crippen LogP contribution in [-0.4, -0.2) is 55.3 Å². The van der Waals surface area contributed by atoms with Gasteiger partial charge >= 0.3 is 6.18 Å². The number of aromatic nitrogens is 2. The van der Waals surface area contributed by atoms with Crippen LogP contribution in [-0.2, 0) is 10.9 Å². The van der Waals surface area contributed by atoms with Crippen LogP contribution in [0.15, 0.2) is 17.3 Å². The van der Waals surface area contributed by atoms with E-state index >= 15 is 0 Å². The fraction of sp³-hybridized carbons (Fsp3) is 0.706. The lowest BCUT2D eigenvalue weighted by molar-refractivity contribution is -0.141. The van der Waals surface area contributed by atoms with Crippen LogP contribution in [0.25, 0.3) is 0 Å². The molecule has 10 heteroatoms. The van der Waals surface area contributed by atoms with Crippen molar-refractivity contribution in [3.05, 3.63) is 18.0 Å². The molecule has 0 aromatic carbocycles. The van der Waals surface area contributed by atoms with Gasteiger partial charge in [-0.1, -0.05) is 13.8 Å². The smallest absolute Gasteiger partial charge is 0.378 e. The highest BCUT2D eigenvalue weighted by Gasteiger charge is 2.32. The zero-order valence-electron chi connectivity index (χ0n) is 16.2. The molecule has 1 rings (SSSR count). The van der Waals surface area contributed by atoms with Crippen LogP contribution in [0.2, 0.25) is 0 Å². The summed E-state index contributed by atoms with van der Waals surface area (Å²) in [5.41, 5.74) is -0.973. The van der Waals surface area contributed by atoms with Gasteiger partial charge in [0.15, 0.2) is 5.96 Å². The maximum atomic E-state index is 12.6. The van der Waals surface area contributed by atoms with E-state index in [2.05, 4.69) is 44.8 Å². The van der Waals surface area contributed by atoms with Crippen molar-refractivity contribution < 1.29 is 17.9 Å². The third-order valence-corrected chi connectivity index (χ3v) is 3.72. The van der Waals surface area contributed by atoms with Crippen molar-refractivity contribution >= 4 is 11.9 Å². The van der Waals surface area contributed by atoms with E-state index in [1.807, 2.05) is 6.92 Å². The Balaban J connectivity index is 2.33. The van der Waals surface area contributed by atoms with Gasteiger partial charge in [-0.05, 0) is 25.3 Å². The summed E-state index contributed by atoms with van der Waals surface area (Å²) >= 11 is 0. The quantitative estimate of drug-likeness (QED) is 0.324. The van der Waals surface area contributed by atoms with Crippen LogP contribution >= 0.6 is 0 Å². The number of anilines is 1. The molecule has 0 aliphatic rings. The van der Waals surface area contributed by atoms with Crippen molar-refractivity contribution in [2.75, 3.05) is 38.6 Å². The monoisotopic (exact) mass is 390 g/mol. The van der Waals surface area contributed by atoms with Crippen molar-refractivity contribution in [1.29, 1.82) is 0 Å². The summed E-state index contributed by atoms with van der Waals surface area (Å²) in [4.78, 5) is 11.3. The molecule has 3 N–H and O–H groups in total. The first-order chi connectivity index (χ1) is 12.8. The molecule has 0 radical (unpaired) electrons. The molecular weight excluding hydrogens is 361 g/mol. The minimum absolute atomic E-state index is 0.0638. The first-order valence-electron chi connectivity index (χ1n) is 8.98. The predicted molar refractivity (Wildman–Crippen MR) is 99.8 cm³/mol. The average molecular weight is 390 g/mol. The van der Waals surface area contributed by atoms with Crippen LogP contribution < -0.4 is 16.0 Å². The summed E-state index contributed by atoms with van der Waals surface area (Å²) in [7, 11) is 1.65. The highest BCUT2D eigenvalue weighted by Crippen LogP contribution is 2.27. The van der Waals surface area contributed by atoms with E-state index in [0.29, 0.717) is 38.1 Å². The SMILES string of the molecule is CCOC(CCNC(=NC)NCCNc1nccc(C(F)(F)F)n1)C(C)C. The molecule has 1 aromatic rings. The molecule has 1 unspecified atom stereocenters. The Labute approximate surface area is 158 Å². The highest BCUT2D eigenvalue weighted by molar-refractivity contribution is 5.79. The van der Waals surface area contributed by atoms with Gasteiger partial charge in [0.05, 0.1) is 6.10 Å². The van der Waals surface area contributed by atoms with E-state index in [-0.39, 0.29) is 12.1 Å². The fourth-order valence-electron chi connectivity index (χ4n) is 2.33. The normalized spacial score (nSPS) is 13.6. The molecule has 0 aliphatic heterocycles. The molecule has 154 valence electrons. The molecule has 1 heterocycles. The highest BCUT2D eigenvalue weighted by atomic mass is 19.4. The molecule has 0 amide bonds. The van der Waals surface area contributed by atoms with Gasteiger partial charge in [-0.15, -0.1) is 0 Å². The first-order valence-corrected chi connectivity index (χ1v) is 8.98. The van der Waals surface area contributed by atoms with E-state index in [0.717, 1.165) is 18.7 Å². The minimum atomic E-state index is -4.49. The zero-order chi connectivity index (χ0) is 20.3. The maximum Gasteiger partial charge on any atom is 0.433 e. The predicted octanol–water partition coefficient (Wildman–Crippen LogP) is 2.52. The number of rotatable bonds is 10. The molecular formula is C17H29F3N6O. The van der Waals surface area contributed by atoms with Crippen LogP contribution in [0.1, 0.15) is 32.9 Å². The van der Waals surface area contributed by atoms with Crippen molar-refractivity contribution in [3.63, 3.8) is 0 Å². The van der Waals surface area contributed by atoms with Crippen LogP contribution in [0.3, 0.4) is 0 Å². The van der Waals surface area contributed by atoms with E-state index in [9.17, 15) is 13.2 Å². The van der Waals surface area contributed by atoms with Gasteiger partial charge in [-0.3, -0.25) is 4.99 Å². The minimum Gasteiger partial charge on any atom is -0.378 e. The standard InChI is InChI=1S/C17H29F3N6O/c1-5-27-13(12(2)3)6-8-22-15(21-4)24-10-11-25-16-23-9-7-14(26-16)17(18,19)20/h7,9,12-13H,5-6,8,10-11H2,1-4H3,(H2,21,22,24)(H,23,25,26). The molecule has 0 spiro atoms. The second-order valence-corrected chi connectivity index (χ2v) is 6.14. The lowest BCUT2D eigenvalue weighted by atomic mass is 10.0. The van der Waals surface area contributed by atoms with Gasteiger partial charge in [0.25, 0.3) is 0 Å². The molecule has 0 saturated carbocycles. The van der Waals surface area contributed by atoms with E-state index in [1.54, 1.807) is 7.05 Å². The molecule has 0 bridgehead atoms. The number of hydrogen-bond acceptors (Lipinski definition) is 5. The Morgan fingerprint density at radius 1 is 1.22 bits per heavy atom. The number of halogens is 3. The summed E-state index contributed by atoms with van der Waals surface area (Å²) in [6.07, 6.45) is -2.38. The number of ether oxygens (including phenoxy) is 1. The number of nitrogens with zero attached hydrogens (tertiary/aromatic N) is 3. The van der Waals surface area contributed by atoms with E-state index in [1.165, 1.54) is 0 Å². The molecule has 1 atom stereocenters. The van der Waals surface area contributed by atoms with Crippen molar-refractivity contribution in [2.45, 2.75) is 39.5 Å². The lowest BCUT2D eigenvalue weighted by Crippen LogP contribution is -2.41. The summed E-state index contributed by atoms with van der Waals surface area (Å²) in [5.74, 6) is 0.977. The summed E-state index contributed by atoms with van der Waals surface area (Å²) in [6, 6.07) is 0.835. The Morgan fingerprint density at radius 3 is 2.52 bits per heavy atom. The number of alkyl halides is 3.